The molecule has 2 N–H and O–H groups in total. The van der Waals surface area contributed by atoms with E-state index in [2.05, 4.69) is 9.97 Å². The number of nitrogens with one attached hydrogen (secondary N) is 1. The number of hydrogen-bond acceptors (Lipinski definition) is 3. The van der Waals surface area contributed by atoms with Crippen LogP contribution in [0, 0.1) is 5.92 Å². The average molecular weight is 363 g/mol. The average Bonchev–Trinajstić information content (AvgIpc) is 3.11. The second-order valence-electron chi connectivity index (χ2n) is 7.40. The van der Waals surface area contributed by atoms with Crippen molar-refractivity contribution >= 4 is 16.9 Å². The van der Waals surface area contributed by atoms with E-state index in [1.165, 1.54) is 0 Å². The van der Waals surface area contributed by atoms with Crippen molar-refractivity contribution in [2.45, 2.75) is 32.3 Å². The Labute approximate surface area is 159 Å². The van der Waals surface area contributed by atoms with Gasteiger partial charge in [0, 0.05) is 19.5 Å². The van der Waals surface area contributed by atoms with Crippen LogP contribution in [0.2, 0.25) is 0 Å². The summed E-state index contributed by atoms with van der Waals surface area (Å²) in [5.74, 6) is 1.64. The fourth-order valence-electron chi connectivity index (χ4n) is 3.88. The number of benzene rings is 2. The van der Waals surface area contributed by atoms with Gasteiger partial charge in [0.15, 0.2) is 0 Å². The molecular weight excluding hydrogens is 338 g/mol. The Hall–Kier alpha value is -2.66. The Morgan fingerprint density at radius 1 is 1.15 bits per heavy atom. The van der Waals surface area contributed by atoms with Crippen LogP contribution in [0.5, 0.6) is 0 Å². The van der Waals surface area contributed by atoms with Gasteiger partial charge in [-0.05, 0) is 42.0 Å². The number of amides is 1. The normalized spacial score (nSPS) is 17.4. The Balaban J connectivity index is 1.37. The highest BCUT2D eigenvalue weighted by atomic mass is 16.3. The minimum atomic E-state index is 0.0316. The van der Waals surface area contributed by atoms with Crippen molar-refractivity contribution in [3.63, 3.8) is 0 Å². The predicted molar refractivity (Wildman–Crippen MR) is 105 cm³/mol. The van der Waals surface area contributed by atoms with Gasteiger partial charge in [-0.1, -0.05) is 36.4 Å². The number of nitrogens with zero attached hydrogens (tertiary/aromatic N) is 2. The summed E-state index contributed by atoms with van der Waals surface area (Å²) in [6.07, 6.45) is 3.47. The first-order valence-electron chi connectivity index (χ1n) is 9.61. The lowest BCUT2D eigenvalue weighted by atomic mass is 9.94. The molecule has 27 heavy (non-hydrogen) atoms. The molecule has 0 saturated carbocycles. The molecular formula is C22H25N3O2. The van der Waals surface area contributed by atoms with Crippen LogP contribution in [0.15, 0.2) is 48.5 Å². The third-order valence-electron chi connectivity index (χ3n) is 5.35. The van der Waals surface area contributed by atoms with Crippen molar-refractivity contribution in [1.29, 1.82) is 0 Å². The van der Waals surface area contributed by atoms with Gasteiger partial charge in [0.05, 0.1) is 24.1 Å². The highest BCUT2D eigenvalue weighted by Crippen LogP contribution is 2.22. The summed E-state index contributed by atoms with van der Waals surface area (Å²) < 4.78 is 0. The monoisotopic (exact) mass is 363 g/mol. The number of carbonyl (C=O) groups excluding carboxylic acids is 1. The number of para-hydroxylation sites is 2. The molecule has 1 fully saturated rings. The first-order valence-corrected chi connectivity index (χ1v) is 9.61. The maximum absolute atomic E-state index is 12.7. The summed E-state index contributed by atoms with van der Waals surface area (Å²) in [5.41, 5.74) is 3.94. The first-order chi connectivity index (χ1) is 13.2. The van der Waals surface area contributed by atoms with Crippen molar-refractivity contribution < 1.29 is 9.90 Å². The maximum atomic E-state index is 12.7. The molecule has 1 aliphatic rings. The fraction of sp³-hybridized carbons (Fsp3) is 0.364. The van der Waals surface area contributed by atoms with Crippen molar-refractivity contribution in [2.75, 3.05) is 13.1 Å². The molecule has 0 unspecified atom stereocenters. The molecule has 0 bridgehead atoms. The topological polar surface area (TPSA) is 69.2 Å². The van der Waals surface area contributed by atoms with Gasteiger partial charge in [-0.15, -0.1) is 0 Å². The molecule has 5 nitrogen and oxygen atoms in total. The predicted octanol–water partition coefficient (Wildman–Crippen LogP) is 3.08. The number of imidazole rings is 1. The summed E-state index contributed by atoms with van der Waals surface area (Å²) in [5, 5.41) is 9.13. The second-order valence-corrected chi connectivity index (χ2v) is 7.40. The largest absolute Gasteiger partial charge is 0.392 e. The van der Waals surface area contributed by atoms with E-state index >= 15 is 0 Å². The Kier molecular flexibility index (Phi) is 5.21. The highest BCUT2D eigenvalue weighted by molar-refractivity contribution is 5.79. The van der Waals surface area contributed by atoms with E-state index in [4.69, 9.17) is 5.11 Å². The molecule has 2 aromatic carbocycles. The minimum Gasteiger partial charge on any atom is -0.392 e. The van der Waals surface area contributed by atoms with E-state index < -0.39 is 0 Å². The van der Waals surface area contributed by atoms with Gasteiger partial charge < -0.3 is 15.0 Å². The highest BCUT2D eigenvalue weighted by Gasteiger charge is 2.24. The zero-order chi connectivity index (χ0) is 18.6. The summed E-state index contributed by atoms with van der Waals surface area (Å²) in [4.78, 5) is 22.8. The lowest BCUT2D eigenvalue weighted by Gasteiger charge is -2.32. The number of aromatic amines is 1. The van der Waals surface area contributed by atoms with E-state index in [0.717, 1.165) is 60.3 Å². The van der Waals surface area contributed by atoms with Crippen molar-refractivity contribution in [1.82, 2.24) is 14.9 Å². The molecule has 0 aliphatic carbocycles. The lowest BCUT2D eigenvalue weighted by Crippen LogP contribution is -2.41. The van der Waals surface area contributed by atoms with Gasteiger partial charge in [0.1, 0.15) is 5.82 Å². The van der Waals surface area contributed by atoms with Crippen molar-refractivity contribution in [3.8, 4) is 0 Å². The van der Waals surface area contributed by atoms with Gasteiger partial charge in [0.2, 0.25) is 5.91 Å². The number of aliphatic hydroxyl groups excluding tert-OH is 1. The second kappa shape index (κ2) is 7.92. The van der Waals surface area contributed by atoms with Crippen LogP contribution < -0.4 is 0 Å². The van der Waals surface area contributed by atoms with Crippen molar-refractivity contribution in [2.24, 2.45) is 5.92 Å². The third-order valence-corrected chi connectivity index (χ3v) is 5.35. The van der Waals surface area contributed by atoms with Crippen LogP contribution in [0.1, 0.15) is 29.8 Å². The summed E-state index contributed by atoms with van der Waals surface area (Å²) in [7, 11) is 0. The first kappa shape index (κ1) is 17.7. The number of aromatic nitrogens is 2. The number of aliphatic hydroxyl groups is 1. The zero-order valence-corrected chi connectivity index (χ0v) is 15.4. The lowest BCUT2D eigenvalue weighted by molar-refractivity contribution is -0.132. The standard InChI is InChI=1S/C22H25N3O2/c26-15-17-9-7-16(8-10-17)13-22(27)25-11-3-4-18(14-25)12-21-23-19-5-1-2-6-20(19)24-21/h1-2,5-10,18,26H,3-4,11-15H2,(H,23,24)/t18-/m0/s1. The van der Waals surface area contributed by atoms with Gasteiger partial charge >= 0.3 is 0 Å². The molecule has 4 rings (SSSR count). The molecule has 0 radical (unpaired) electrons. The molecule has 1 saturated heterocycles. The summed E-state index contributed by atoms with van der Waals surface area (Å²) in [6, 6.07) is 15.7. The molecule has 140 valence electrons. The van der Waals surface area contributed by atoms with Crippen LogP contribution in [-0.2, 0) is 24.2 Å². The smallest absolute Gasteiger partial charge is 0.226 e. The minimum absolute atomic E-state index is 0.0316. The summed E-state index contributed by atoms with van der Waals surface area (Å²) >= 11 is 0. The van der Waals surface area contributed by atoms with Gasteiger partial charge in [0.25, 0.3) is 0 Å². The van der Waals surface area contributed by atoms with Crippen molar-refractivity contribution in [3.05, 3.63) is 65.5 Å². The number of carbonyl (C=O) groups is 1. The zero-order valence-electron chi connectivity index (χ0n) is 15.4. The van der Waals surface area contributed by atoms with E-state index in [1.54, 1.807) is 0 Å². The molecule has 2 heterocycles. The van der Waals surface area contributed by atoms with Gasteiger partial charge in [-0.3, -0.25) is 4.79 Å². The van der Waals surface area contributed by atoms with Gasteiger partial charge in [-0.25, -0.2) is 4.98 Å². The van der Waals surface area contributed by atoms with Gasteiger partial charge in [-0.2, -0.15) is 0 Å². The number of hydrogen-bond donors (Lipinski definition) is 2. The maximum Gasteiger partial charge on any atom is 0.226 e. The van der Waals surface area contributed by atoms with E-state index in [0.29, 0.717) is 12.3 Å². The molecule has 3 aromatic rings. The Bertz CT molecular complexity index is 884. The number of piperidine rings is 1. The van der Waals surface area contributed by atoms with Crippen LogP contribution >= 0.6 is 0 Å². The van der Waals surface area contributed by atoms with Crippen LogP contribution in [0.25, 0.3) is 11.0 Å². The number of likely N-dealkylation sites (tertiary alicyclic amines) is 1. The van der Waals surface area contributed by atoms with Crippen LogP contribution in [-0.4, -0.2) is 39.0 Å². The quantitative estimate of drug-likeness (QED) is 0.732. The van der Waals surface area contributed by atoms with Crippen LogP contribution in [0.4, 0.5) is 0 Å². The Morgan fingerprint density at radius 2 is 1.93 bits per heavy atom. The Morgan fingerprint density at radius 3 is 2.70 bits per heavy atom. The number of fused-ring (bicyclic) bond motifs is 1. The molecule has 1 aromatic heterocycles. The molecule has 1 amide bonds. The number of rotatable bonds is 5. The summed E-state index contributed by atoms with van der Waals surface area (Å²) in [6.45, 7) is 1.67. The molecule has 1 aliphatic heterocycles. The number of H-pyrrole nitrogens is 1. The third kappa shape index (κ3) is 4.19. The molecule has 0 spiro atoms. The fourth-order valence-corrected chi connectivity index (χ4v) is 3.88. The van der Waals surface area contributed by atoms with E-state index in [-0.39, 0.29) is 12.5 Å². The van der Waals surface area contributed by atoms with E-state index in [9.17, 15) is 4.79 Å². The van der Waals surface area contributed by atoms with Crippen LogP contribution in [0.3, 0.4) is 0 Å². The SMILES string of the molecule is O=C(Cc1ccc(CO)cc1)N1CCC[C@@H](Cc2nc3ccccc3[nH]2)C1. The molecule has 5 heteroatoms. The van der Waals surface area contributed by atoms with E-state index in [1.807, 2.05) is 53.4 Å². The molecule has 1 atom stereocenters.